The number of carbonyl (C=O) groups excluding carboxylic acids is 1. The highest BCUT2D eigenvalue weighted by Crippen LogP contribution is 2.29. The van der Waals surface area contributed by atoms with Crippen molar-refractivity contribution in [3.63, 3.8) is 0 Å². The largest absolute Gasteiger partial charge is 0.369 e. The summed E-state index contributed by atoms with van der Waals surface area (Å²) in [6.07, 6.45) is 0.438. The minimum Gasteiger partial charge on any atom is -0.369 e. The number of benzene rings is 1. The Balaban J connectivity index is 1.78. The number of halogens is 1. The van der Waals surface area contributed by atoms with Crippen LogP contribution in [-0.2, 0) is 14.6 Å². The van der Waals surface area contributed by atoms with Crippen LogP contribution in [0.15, 0.2) is 37.8 Å². The lowest BCUT2D eigenvalue weighted by Crippen LogP contribution is -2.12. The van der Waals surface area contributed by atoms with Gasteiger partial charge in [0.1, 0.15) is 5.82 Å². The molecule has 0 unspecified atom stereocenters. The molecule has 2 rings (SSSR count). The van der Waals surface area contributed by atoms with Crippen molar-refractivity contribution >= 4 is 50.6 Å². The maximum Gasteiger partial charge on any atom is 0.227 e. The van der Waals surface area contributed by atoms with E-state index in [4.69, 9.17) is 5.73 Å². The van der Waals surface area contributed by atoms with Crippen LogP contribution in [0.3, 0.4) is 0 Å². The van der Waals surface area contributed by atoms with E-state index >= 15 is 0 Å². The third-order valence-corrected chi connectivity index (χ3v) is 7.80. The smallest absolute Gasteiger partial charge is 0.227 e. The Morgan fingerprint density at radius 2 is 1.79 bits per heavy atom. The fourth-order valence-electron chi connectivity index (χ4n) is 1.61. The highest BCUT2D eigenvalue weighted by molar-refractivity contribution is 8.03. The molecule has 2 N–H and O–H groups in total. The standard InChI is InChI=1S/C13H14FN3O3S4/c14-9-2-4-10(5-3-9)24(19,20)7-1-6-21-12-16-17-13(23-12)22-8-11(15)18/h2-5H,1,6-8H2,(H2,15,18). The minimum absolute atomic E-state index is 0.0201. The van der Waals surface area contributed by atoms with Gasteiger partial charge in [0, 0.05) is 5.75 Å². The third-order valence-electron chi connectivity index (χ3n) is 2.68. The van der Waals surface area contributed by atoms with E-state index in [0.717, 1.165) is 12.1 Å². The molecule has 2 aromatic rings. The van der Waals surface area contributed by atoms with Crippen molar-refractivity contribution in [3.05, 3.63) is 30.1 Å². The Kier molecular flexibility index (Phi) is 7.02. The van der Waals surface area contributed by atoms with Crippen molar-refractivity contribution in [2.24, 2.45) is 5.73 Å². The summed E-state index contributed by atoms with van der Waals surface area (Å²) in [7, 11) is -3.41. The molecule has 0 atom stereocenters. The fraction of sp³-hybridized carbons (Fsp3) is 0.308. The molecule has 130 valence electrons. The molecule has 0 aliphatic rings. The average molecular weight is 408 g/mol. The van der Waals surface area contributed by atoms with Crippen molar-refractivity contribution < 1.29 is 17.6 Å². The van der Waals surface area contributed by atoms with Gasteiger partial charge in [0.25, 0.3) is 0 Å². The Bertz CT molecular complexity index is 793. The molecule has 0 bridgehead atoms. The molecule has 11 heteroatoms. The number of hydrogen-bond acceptors (Lipinski definition) is 8. The lowest BCUT2D eigenvalue weighted by Gasteiger charge is -2.03. The molecule has 0 saturated carbocycles. The second-order valence-corrected chi connectivity index (χ2v) is 10.2. The van der Waals surface area contributed by atoms with Gasteiger partial charge in [-0.05, 0) is 30.7 Å². The maximum atomic E-state index is 12.8. The van der Waals surface area contributed by atoms with Gasteiger partial charge in [0.2, 0.25) is 5.91 Å². The number of sulfone groups is 1. The summed E-state index contributed by atoms with van der Waals surface area (Å²) in [5, 5.41) is 7.88. The summed E-state index contributed by atoms with van der Waals surface area (Å²) >= 11 is 3.96. The summed E-state index contributed by atoms with van der Waals surface area (Å²) in [5.41, 5.74) is 5.06. The monoisotopic (exact) mass is 407 g/mol. The number of hydrogen-bond donors (Lipinski definition) is 1. The molecule has 1 heterocycles. The quantitative estimate of drug-likeness (QED) is 0.386. The van der Waals surface area contributed by atoms with Crippen molar-refractivity contribution in [3.8, 4) is 0 Å². The summed E-state index contributed by atoms with van der Waals surface area (Å²) in [5.74, 6) is -0.195. The summed E-state index contributed by atoms with van der Waals surface area (Å²) in [6, 6.07) is 4.80. The van der Waals surface area contributed by atoms with Crippen molar-refractivity contribution in [1.29, 1.82) is 0 Å². The molecule has 0 saturated heterocycles. The number of carbonyl (C=O) groups is 1. The number of amides is 1. The van der Waals surface area contributed by atoms with E-state index < -0.39 is 21.6 Å². The van der Waals surface area contributed by atoms with Gasteiger partial charge in [-0.25, -0.2) is 12.8 Å². The van der Waals surface area contributed by atoms with Crippen LogP contribution in [0.5, 0.6) is 0 Å². The first-order valence-electron chi connectivity index (χ1n) is 6.72. The molecule has 1 amide bonds. The van der Waals surface area contributed by atoms with Crippen molar-refractivity contribution in [2.75, 3.05) is 17.3 Å². The van der Waals surface area contributed by atoms with Crippen LogP contribution in [0, 0.1) is 5.82 Å². The van der Waals surface area contributed by atoms with Gasteiger partial charge >= 0.3 is 0 Å². The molecule has 1 aromatic carbocycles. The Morgan fingerprint density at radius 3 is 2.42 bits per heavy atom. The summed E-state index contributed by atoms with van der Waals surface area (Å²) < 4.78 is 38.4. The zero-order valence-corrected chi connectivity index (χ0v) is 15.6. The number of nitrogens with two attached hydrogens (primary N) is 1. The highest BCUT2D eigenvalue weighted by atomic mass is 32.2. The molecule has 0 radical (unpaired) electrons. The number of primary amides is 1. The van der Waals surface area contributed by atoms with Gasteiger partial charge in [0.15, 0.2) is 18.5 Å². The first kappa shape index (κ1) is 19.2. The van der Waals surface area contributed by atoms with Crippen LogP contribution in [0.2, 0.25) is 0 Å². The highest BCUT2D eigenvalue weighted by Gasteiger charge is 2.14. The molecule has 24 heavy (non-hydrogen) atoms. The number of thioether (sulfide) groups is 2. The molecule has 6 nitrogen and oxygen atoms in total. The topological polar surface area (TPSA) is 103 Å². The molecule has 0 spiro atoms. The maximum absolute atomic E-state index is 12.8. The molecule has 1 aromatic heterocycles. The summed E-state index contributed by atoms with van der Waals surface area (Å²) in [4.78, 5) is 10.8. The van der Waals surface area contributed by atoms with Crippen LogP contribution in [0.25, 0.3) is 0 Å². The molecule has 0 fully saturated rings. The lowest BCUT2D eigenvalue weighted by molar-refractivity contribution is -0.115. The van der Waals surface area contributed by atoms with Crippen molar-refractivity contribution in [2.45, 2.75) is 20.0 Å². The molecular formula is C13H14FN3O3S4. The zero-order chi connectivity index (χ0) is 17.6. The Labute approximate surface area is 151 Å². The predicted octanol–water partition coefficient (Wildman–Crippen LogP) is 2.21. The zero-order valence-electron chi connectivity index (χ0n) is 12.3. The number of aromatic nitrogens is 2. The van der Waals surface area contributed by atoms with Gasteiger partial charge in [-0.3, -0.25) is 4.79 Å². The van der Waals surface area contributed by atoms with Crippen LogP contribution in [0.1, 0.15) is 6.42 Å². The molecule has 0 aliphatic heterocycles. The van der Waals surface area contributed by atoms with Crippen LogP contribution in [-0.4, -0.2) is 41.8 Å². The van der Waals surface area contributed by atoms with E-state index in [9.17, 15) is 17.6 Å². The van der Waals surface area contributed by atoms with E-state index in [0.29, 0.717) is 20.9 Å². The molecule has 0 aliphatic carbocycles. The second kappa shape index (κ2) is 8.79. The van der Waals surface area contributed by atoms with E-state index in [1.165, 1.54) is 47.0 Å². The Hall–Kier alpha value is -1.17. The van der Waals surface area contributed by atoms with Gasteiger partial charge in [-0.2, -0.15) is 0 Å². The number of rotatable bonds is 9. The SMILES string of the molecule is NC(=O)CSc1nnc(SCCCS(=O)(=O)c2ccc(F)cc2)s1. The Morgan fingerprint density at radius 1 is 1.17 bits per heavy atom. The van der Waals surface area contributed by atoms with Crippen LogP contribution >= 0.6 is 34.9 Å². The lowest BCUT2D eigenvalue weighted by atomic mass is 10.4. The van der Waals surface area contributed by atoms with Crippen molar-refractivity contribution in [1.82, 2.24) is 10.2 Å². The summed E-state index contributed by atoms with van der Waals surface area (Å²) in [6.45, 7) is 0. The number of nitrogens with zero attached hydrogens (tertiary/aromatic N) is 2. The van der Waals surface area contributed by atoms with E-state index in [1.54, 1.807) is 0 Å². The van der Waals surface area contributed by atoms with E-state index in [2.05, 4.69) is 10.2 Å². The normalized spacial score (nSPS) is 11.5. The predicted molar refractivity (Wildman–Crippen MR) is 93.6 cm³/mol. The van der Waals surface area contributed by atoms with E-state index in [1.807, 2.05) is 0 Å². The fourth-order valence-corrected chi connectivity index (χ4v) is 5.88. The third kappa shape index (κ3) is 6.04. The minimum atomic E-state index is -3.41. The van der Waals surface area contributed by atoms with Crippen LogP contribution < -0.4 is 5.73 Å². The first-order valence-corrected chi connectivity index (χ1v) is 11.2. The van der Waals surface area contributed by atoms with Gasteiger partial charge in [-0.1, -0.05) is 34.9 Å². The van der Waals surface area contributed by atoms with Gasteiger partial charge in [-0.15, -0.1) is 10.2 Å². The molecular weight excluding hydrogens is 393 g/mol. The van der Waals surface area contributed by atoms with Gasteiger partial charge < -0.3 is 5.73 Å². The van der Waals surface area contributed by atoms with Crippen LogP contribution in [0.4, 0.5) is 4.39 Å². The first-order chi connectivity index (χ1) is 11.4. The second-order valence-electron chi connectivity index (χ2n) is 4.56. The average Bonchev–Trinajstić information content (AvgIpc) is 2.98. The van der Waals surface area contributed by atoms with E-state index in [-0.39, 0.29) is 16.4 Å². The van der Waals surface area contributed by atoms with Gasteiger partial charge in [0.05, 0.1) is 16.4 Å².